The molecule has 0 fully saturated rings. The van der Waals surface area contributed by atoms with Gasteiger partial charge in [0.05, 0.1) is 13.1 Å². The van der Waals surface area contributed by atoms with E-state index >= 15 is 0 Å². The molecule has 2 aromatic heterocycles. The molecule has 2 N–H and O–H groups in total. The van der Waals surface area contributed by atoms with Gasteiger partial charge in [0.2, 0.25) is 5.91 Å². The molecule has 0 radical (unpaired) electrons. The summed E-state index contributed by atoms with van der Waals surface area (Å²) in [5.41, 5.74) is 1.60. The van der Waals surface area contributed by atoms with Crippen LogP contribution < -0.4 is 5.32 Å². The Morgan fingerprint density at radius 3 is 2.57 bits per heavy atom. The molecule has 0 spiro atoms. The number of benzene rings is 1. The molecule has 0 aliphatic heterocycles. The lowest BCUT2D eigenvalue weighted by molar-refractivity contribution is -0.116. The summed E-state index contributed by atoms with van der Waals surface area (Å²) < 4.78 is 2.96. The first kappa shape index (κ1) is 19.9. The average molecular weight is 422 g/mol. The minimum Gasteiger partial charge on any atom is -0.477 e. The molecule has 8 nitrogen and oxygen atoms in total. The highest BCUT2D eigenvalue weighted by molar-refractivity contribution is 6.35. The van der Waals surface area contributed by atoms with Gasteiger partial charge >= 0.3 is 5.97 Å². The molecule has 0 aliphatic carbocycles. The van der Waals surface area contributed by atoms with Gasteiger partial charge < -0.3 is 10.4 Å². The van der Waals surface area contributed by atoms with Gasteiger partial charge in [-0.2, -0.15) is 10.2 Å². The Labute approximate surface area is 170 Å². The molecule has 10 heteroatoms. The third kappa shape index (κ3) is 4.52. The van der Waals surface area contributed by atoms with Gasteiger partial charge in [0.25, 0.3) is 0 Å². The van der Waals surface area contributed by atoms with Crippen molar-refractivity contribution in [2.45, 2.75) is 26.4 Å². The van der Waals surface area contributed by atoms with Crippen molar-refractivity contribution in [1.82, 2.24) is 19.6 Å². The van der Waals surface area contributed by atoms with Crippen molar-refractivity contribution in [2.24, 2.45) is 0 Å². The van der Waals surface area contributed by atoms with Crippen molar-refractivity contribution >= 4 is 40.9 Å². The van der Waals surface area contributed by atoms with Gasteiger partial charge in [0.15, 0.2) is 5.82 Å². The molecular formula is C18H17Cl2N5O3. The third-order valence-corrected chi connectivity index (χ3v) is 4.81. The molecule has 0 atom stereocenters. The lowest BCUT2D eigenvalue weighted by atomic mass is 10.2. The lowest BCUT2D eigenvalue weighted by Gasteiger charge is -2.08. The number of carboxylic acids is 1. The SMILES string of the molecule is Cc1cc(NC(=O)CCn2nccc2C(=O)O)nn1Cc1c(Cl)cccc1Cl. The van der Waals surface area contributed by atoms with E-state index in [0.717, 1.165) is 11.3 Å². The number of nitrogens with one attached hydrogen (secondary N) is 1. The lowest BCUT2D eigenvalue weighted by Crippen LogP contribution is -2.18. The number of aromatic nitrogens is 4. The smallest absolute Gasteiger partial charge is 0.354 e. The molecule has 0 saturated heterocycles. The first-order valence-corrected chi connectivity index (χ1v) is 9.13. The quantitative estimate of drug-likeness (QED) is 0.607. The van der Waals surface area contributed by atoms with Gasteiger partial charge in [-0.15, -0.1) is 0 Å². The molecule has 0 unspecified atom stereocenters. The van der Waals surface area contributed by atoms with Crippen LogP contribution in [0.25, 0.3) is 0 Å². The largest absolute Gasteiger partial charge is 0.477 e. The van der Waals surface area contributed by atoms with E-state index < -0.39 is 5.97 Å². The molecule has 146 valence electrons. The molecule has 2 heterocycles. The van der Waals surface area contributed by atoms with Crippen LogP contribution >= 0.6 is 23.2 Å². The van der Waals surface area contributed by atoms with Crippen molar-refractivity contribution in [3.63, 3.8) is 0 Å². The number of nitrogens with zero attached hydrogens (tertiary/aromatic N) is 4. The summed E-state index contributed by atoms with van der Waals surface area (Å²) in [6, 6.07) is 8.39. The summed E-state index contributed by atoms with van der Waals surface area (Å²) in [6.07, 6.45) is 1.44. The standard InChI is InChI=1S/C18H17Cl2N5O3/c1-11-9-16(23-25(11)10-12-13(19)3-2-4-14(12)20)22-17(26)6-8-24-15(18(27)28)5-7-21-24/h2-5,7,9H,6,8,10H2,1H3,(H,27,28)(H,22,23,26). The maximum atomic E-state index is 12.2. The summed E-state index contributed by atoms with van der Waals surface area (Å²) in [5.74, 6) is -0.998. The average Bonchev–Trinajstić information content (AvgIpc) is 3.23. The predicted octanol–water partition coefficient (Wildman–Crippen LogP) is 3.47. The molecule has 28 heavy (non-hydrogen) atoms. The number of aryl methyl sites for hydroxylation is 2. The fraction of sp³-hybridized carbons (Fsp3) is 0.222. The van der Waals surface area contributed by atoms with Crippen LogP contribution in [-0.2, 0) is 17.9 Å². The number of hydrogen-bond donors (Lipinski definition) is 2. The minimum absolute atomic E-state index is 0.0320. The van der Waals surface area contributed by atoms with Crippen molar-refractivity contribution < 1.29 is 14.7 Å². The first-order chi connectivity index (χ1) is 13.3. The van der Waals surface area contributed by atoms with E-state index in [1.807, 2.05) is 6.92 Å². The van der Waals surface area contributed by atoms with Crippen LogP contribution in [0.5, 0.6) is 0 Å². The van der Waals surface area contributed by atoms with Gasteiger partial charge in [-0.3, -0.25) is 14.2 Å². The maximum Gasteiger partial charge on any atom is 0.354 e. The summed E-state index contributed by atoms with van der Waals surface area (Å²) in [4.78, 5) is 23.2. The zero-order valence-electron chi connectivity index (χ0n) is 14.9. The van der Waals surface area contributed by atoms with E-state index in [1.165, 1.54) is 16.9 Å². The van der Waals surface area contributed by atoms with E-state index in [2.05, 4.69) is 15.5 Å². The number of rotatable bonds is 7. The number of carbonyl (C=O) groups excluding carboxylic acids is 1. The molecule has 1 aromatic carbocycles. The van der Waals surface area contributed by atoms with Crippen LogP contribution in [0.4, 0.5) is 5.82 Å². The van der Waals surface area contributed by atoms with Crippen molar-refractivity contribution in [3.05, 3.63) is 63.5 Å². The van der Waals surface area contributed by atoms with Crippen LogP contribution in [0.2, 0.25) is 10.0 Å². The molecule has 3 aromatic rings. The monoisotopic (exact) mass is 421 g/mol. The number of carbonyl (C=O) groups is 2. The number of amides is 1. The summed E-state index contributed by atoms with van der Waals surface area (Å²) >= 11 is 12.4. The van der Waals surface area contributed by atoms with Crippen LogP contribution in [-0.4, -0.2) is 36.5 Å². The summed E-state index contributed by atoms with van der Waals surface area (Å²) in [5, 5.41) is 21.1. The number of carboxylic acid groups (broad SMARTS) is 1. The highest BCUT2D eigenvalue weighted by atomic mass is 35.5. The van der Waals surface area contributed by atoms with Crippen LogP contribution in [0.1, 0.15) is 28.2 Å². The Hall–Kier alpha value is -2.84. The van der Waals surface area contributed by atoms with Gasteiger partial charge in [-0.25, -0.2) is 4.79 Å². The first-order valence-electron chi connectivity index (χ1n) is 8.37. The second-order valence-electron chi connectivity index (χ2n) is 6.07. The predicted molar refractivity (Wildman–Crippen MR) is 105 cm³/mol. The Morgan fingerprint density at radius 1 is 1.18 bits per heavy atom. The second-order valence-corrected chi connectivity index (χ2v) is 6.89. The zero-order chi connectivity index (χ0) is 20.3. The Balaban J connectivity index is 1.64. The minimum atomic E-state index is -1.09. The highest BCUT2D eigenvalue weighted by Gasteiger charge is 2.14. The summed E-state index contributed by atoms with van der Waals surface area (Å²) in [6.45, 7) is 2.38. The topological polar surface area (TPSA) is 102 Å². The fourth-order valence-corrected chi connectivity index (χ4v) is 3.19. The Kier molecular flexibility index (Phi) is 6.01. The summed E-state index contributed by atoms with van der Waals surface area (Å²) in [7, 11) is 0. The zero-order valence-corrected chi connectivity index (χ0v) is 16.4. The van der Waals surface area contributed by atoms with Crippen molar-refractivity contribution in [3.8, 4) is 0 Å². The highest BCUT2D eigenvalue weighted by Crippen LogP contribution is 2.25. The van der Waals surface area contributed by atoms with Gasteiger partial charge in [-0.05, 0) is 25.1 Å². The van der Waals surface area contributed by atoms with Gasteiger partial charge in [0, 0.05) is 40.0 Å². The van der Waals surface area contributed by atoms with Crippen LogP contribution in [0.15, 0.2) is 36.5 Å². The van der Waals surface area contributed by atoms with Crippen molar-refractivity contribution in [1.29, 1.82) is 0 Å². The molecule has 0 aliphatic rings. The number of hydrogen-bond acceptors (Lipinski definition) is 4. The third-order valence-electron chi connectivity index (χ3n) is 4.10. The van der Waals surface area contributed by atoms with Crippen LogP contribution in [0.3, 0.4) is 0 Å². The fourth-order valence-electron chi connectivity index (χ4n) is 2.67. The van der Waals surface area contributed by atoms with E-state index in [-0.39, 0.29) is 24.6 Å². The van der Waals surface area contributed by atoms with E-state index in [9.17, 15) is 9.59 Å². The van der Waals surface area contributed by atoms with Crippen molar-refractivity contribution in [2.75, 3.05) is 5.32 Å². The number of aromatic carboxylic acids is 1. The maximum absolute atomic E-state index is 12.2. The molecule has 0 bridgehead atoms. The second kappa shape index (κ2) is 8.45. The normalized spacial score (nSPS) is 10.8. The Morgan fingerprint density at radius 2 is 1.89 bits per heavy atom. The van der Waals surface area contributed by atoms with Gasteiger partial charge in [-0.1, -0.05) is 29.3 Å². The molecule has 3 rings (SSSR count). The van der Waals surface area contributed by atoms with E-state index in [1.54, 1.807) is 28.9 Å². The van der Waals surface area contributed by atoms with E-state index in [0.29, 0.717) is 22.4 Å². The number of anilines is 1. The molecule has 0 saturated carbocycles. The van der Waals surface area contributed by atoms with Crippen LogP contribution in [0, 0.1) is 6.92 Å². The molecule has 1 amide bonds. The van der Waals surface area contributed by atoms with Gasteiger partial charge in [0.1, 0.15) is 5.69 Å². The van der Waals surface area contributed by atoms with E-state index in [4.69, 9.17) is 28.3 Å². The molecular weight excluding hydrogens is 405 g/mol. The number of halogens is 2. The Bertz CT molecular complexity index is 1010.